The molecule has 0 spiro atoms. The summed E-state index contributed by atoms with van der Waals surface area (Å²) < 4.78 is 0. The van der Waals surface area contributed by atoms with Crippen LogP contribution < -0.4 is 5.32 Å². The van der Waals surface area contributed by atoms with Gasteiger partial charge in [-0.2, -0.15) is 0 Å². The summed E-state index contributed by atoms with van der Waals surface area (Å²) in [6.45, 7) is 3.41. The fourth-order valence-corrected chi connectivity index (χ4v) is 4.59. The van der Waals surface area contributed by atoms with E-state index in [1.807, 2.05) is 42.4 Å². The van der Waals surface area contributed by atoms with Gasteiger partial charge in [-0.1, -0.05) is 6.08 Å². The van der Waals surface area contributed by atoms with Gasteiger partial charge in [0.25, 0.3) is 5.91 Å². The molecule has 0 bridgehead atoms. The second-order valence-electron chi connectivity index (χ2n) is 8.81. The summed E-state index contributed by atoms with van der Waals surface area (Å²) >= 11 is 0. The SMILES string of the molecule is Cc1cncc(C(=O)Nc2ccc(C=CC(=O)N3CC4C=C(c5ccncc5)CC4C3)cn2)c1. The number of nitrogens with one attached hydrogen (secondary N) is 1. The first-order chi connectivity index (χ1) is 16.5. The molecule has 170 valence electrons. The Kier molecular flexibility index (Phi) is 5.99. The van der Waals surface area contributed by atoms with Crippen molar-refractivity contribution in [2.45, 2.75) is 13.3 Å². The van der Waals surface area contributed by atoms with Crippen molar-refractivity contribution in [1.29, 1.82) is 0 Å². The highest BCUT2D eigenvalue weighted by molar-refractivity contribution is 6.03. The second kappa shape index (κ2) is 9.39. The van der Waals surface area contributed by atoms with Crippen molar-refractivity contribution in [3.63, 3.8) is 0 Å². The summed E-state index contributed by atoms with van der Waals surface area (Å²) in [6.07, 6.45) is 15.2. The van der Waals surface area contributed by atoms with Crippen LogP contribution in [0.2, 0.25) is 0 Å². The van der Waals surface area contributed by atoms with Crippen LogP contribution in [0.25, 0.3) is 11.6 Å². The van der Waals surface area contributed by atoms with Crippen LogP contribution in [0.3, 0.4) is 0 Å². The zero-order chi connectivity index (χ0) is 23.5. The van der Waals surface area contributed by atoms with E-state index in [1.54, 1.807) is 36.7 Å². The van der Waals surface area contributed by atoms with E-state index in [0.717, 1.165) is 30.6 Å². The Morgan fingerprint density at radius 3 is 2.65 bits per heavy atom. The quantitative estimate of drug-likeness (QED) is 0.592. The number of fused-ring (bicyclic) bond motifs is 1. The van der Waals surface area contributed by atoms with Crippen LogP contribution in [0.15, 0.2) is 73.5 Å². The molecule has 1 fully saturated rings. The summed E-state index contributed by atoms with van der Waals surface area (Å²) in [7, 11) is 0. The molecular formula is C27H25N5O2. The predicted molar refractivity (Wildman–Crippen MR) is 131 cm³/mol. The molecule has 3 aromatic rings. The van der Waals surface area contributed by atoms with Crippen molar-refractivity contribution in [1.82, 2.24) is 19.9 Å². The first-order valence-corrected chi connectivity index (χ1v) is 11.3. The highest BCUT2D eigenvalue weighted by Gasteiger charge is 2.37. The Morgan fingerprint density at radius 1 is 1.06 bits per heavy atom. The smallest absolute Gasteiger partial charge is 0.258 e. The number of anilines is 1. The summed E-state index contributed by atoms with van der Waals surface area (Å²) in [5.41, 5.74) is 4.77. The van der Waals surface area contributed by atoms with Crippen molar-refractivity contribution in [2.24, 2.45) is 11.8 Å². The molecule has 1 aliphatic heterocycles. The molecule has 1 aliphatic carbocycles. The van der Waals surface area contributed by atoms with E-state index in [1.165, 1.54) is 17.3 Å². The van der Waals surface area contributed by atoms with Gasteiger partial charge < -0.3 is 10.2 Å². The molecule has 1 N–H and O–H groups in total. The number of carbonyl (C=O) groups is 2. The van der Waals surface area contributed by atoms with E-state index in [-0.39, 0.29) is 11.8 Å². The van der Waals surface area contributed by atoms with Gasteiger partial charge in [-0.3, -0.25) is 19.6 Å². The zero-order valence-corrected chi connectivity index (χ0v) is 18.9. The Hall–Kier alpha value is -4.13. The molecule has 2 amide bonds. The summed E-state index contributed by atoms with van der Waals surface area (Å²) in [5, 5.41) is 2.76. The van der Waals surface area contributed by atoms with Crippen LogP contribution in [-0.2, 0) is 4.79 Å². The molecule has 7 nitrogen and oxygen atoms in total. The summed E-state index contributed by atoms with van der Waals surface area (Å²) in [4.78, 5) is 39.4. The zero-order valence-electron chi connectivity index (χ0n) is 18.9. The summed E-state index contributed by atoms with van der Waals surface area (Å²) in [5.74, 6) is 1.09. The molecule has 2 unspecified atom stereocenters. The third-order valence-electron chi connectivity index (χ3n) is 6.34. The normalized spacial score (nSPS) is 19.2. The molecule has 34 heavy (non-hydrogen) atoms. The Morgan fingerprint density at radius 2 is 1.91 bits per heavy atom. The number of hydrogen-bond donors (Lipinski definition) is 1. The first kappa shape index (κ1) is 21.7. The van der Waals surface area contributed by atoms with Crippen molar-refractivity contribution in [3.05, 3.63) is 95.7 Å². The van der Waals surface area contributed by atoms with Crippen molar-refractivity contribution in [2.75, 3.05) is 18.4 Å². The number of rotatable bonds is 5. The maximum atomic E-state index is 12.7. The molecule has 0 radical (unpaired) electrons. The van der Waals surface area contributed by atoms with Gasteiger partial charge in [0.15, 0.2) is 0 Å². The van der Waals surface area contributed by atoms with E-state index in [9.17, 15) is 9.59 Å². The molecule has 5 rings (SSSR count). The lowest BCUT2D eigenvalue weighted by Gasteiger charge is -2.15. The van der Waals surface area contributed by atoms with Crippen LogP contribution in [0, 0.1) is 18.8 Å². The molecule has 3 aromatic heterocycles. The van der Waals surface area contributed by atoms with Gasteiger partial charge in [-0.15, -0.1) is 0 Å². The number of amides is 2. The number of hydrogen-bond acceptors (Lipinski definition) is 5. The fourth-order valence-electron chi connectivity index (χ4n) is 4.59. The van der Waals surface area contributed by atoms with Gasteiger partial charge in [0.2, 0.25) is 5.91 Å². The lowest BCUT2D eigenvalue weighted by atomic mass is 9.99. The van der Waals surface area contributed by atoms with Crippen LogP contribution in [-0.4, -0.2) is 44.8 Å². The van der Waals surface area contributed by atoms with Gasteiger partial charge >= 0.3 is 0 Å². The van der Waals surface area contributed by atoms with Crippen LogP contribution in [0.1, 0.15) is 33.5 Å². The standard InChI is InChI=1S/C27H25N5O2/c1-18-10-22(15-29-13-18)27(34)31-25-4-2-19(14-30-25)3-5-26(33)32-16-23-11-21(12-24(23)17-32)20-6-8-28-9-7-20/h2-11,13-15,23-24H,12,16-17H2,1H3,(H,30,31,34). The Balaban J connectivity index is 1.16. The van der Waals surface area contributed by atoms with Crippen LogP contribution >= 0.6 is 0 Å². The first-order valence-electron chi connectivity index (χ1n) is 11.3. The van der Waals surface area contributed by atoms with Gasteiger partial charge in [0.05, 0.1) is 5.56 Å². The highest BCUT2D eigenvalue weighted by atomic mass is 16.2. The summed E-state index contributed by atoms with van der Waals surface area (Å²) in [6, 6.07) is 9.40. The van der Waals surface area contributed by atoms with Crippen molar-refractivity contribution < 1.29 is 9.59 Å². The second-order valence-corrected chi connectivity index (χ2v) is 8.81. The van der Waals surface area contributed by atoms with Gasteiger partial charge in [-0.25, -0.2) is 4.98 Å². The molecule has 2 atom stereocenters. The van der Waals surface area contributed by atoms with E-state index in [0.29, 0.717) is 23.2 Å². The van der Waals surface area contributed by atoms with Crippen molar-refractivity contribution in [3.8, 4) is 0 Å². The van der Waals surface area contributed by atoms with Gasteiger partial charge in [-0.05, 0) is 83.9 Å². The number of carbonyl (C=O) groups excluding carboxylic acids is 2. The average molecular weight is 452 g/mol. The van der Waals surface area contributed by atoms with E-state index < -0.39 is 0 Å². The largest absolute Gasteiger partial charge is 0.338 e. The van der Waals surface area contributed by atoms with Gasteiger partial charge in [0, 0.05) is 50.1 Å². The topological polar surface area (TPSA) is 88.1 Å². The van der Waals surface area contributed by atoms with E-state index >= 15 is 0 Å². The van der Waals surface area contributed by atoms with Crippen molar-refractivity contribution >= 4 is 29.3 Å². The predicted octanol–water partition coefficient (Wildman–Crippen LogP) is 4.01. The third kappa shape index (κ3) is 4.78. The maximum Gasteiger partial charge on any atom is 0.258 e. The number of likely N-dealkylation sites (tertiary alicyclic amines) is 1. The molecule has 1 saturated heterocycles. The number of allylic oxidation sites excluding steroid dienone is 1. The van der Waals surface area contributed by atoms with E-state index in [2.05, 4.69) is 26.3 Å². The fraction of sp³-hybridized carbons (Fsp3) is 0.222. The minimum atomic E-state index is -0.261. The minimum Gasteiger partial charge on any atom is -0.338 e. The lowest BCUT2D eigenvalue weighted by molar-refractivity contribution is -0.125. The number of aromatic nitrogens is 3. The number of nitrogens with zero attached hydrogens (tertiary/aromatic N) is 4. The Bertz CT molecular complexity index is 1270. The molecule has 7 heteroatoms. The van der Waals surface area contributed by atoms with E-state index in [4.69, 9.17) is 0 Å². The molecule has 2 aliphatic rings. The third-order valence-corrected chi connectivity index (χ3v) is 6.34. The number of aryl methyl sites for hydroxylation is 1. The Labute approximate surface area is 198 Å². The molecule has 0 saturated carbocycles. The van der Waals surface area contributed by atoms with Crippen LogP contribution in [0.5, 0.6) is 0 Å². The van der Waals surface area contributed by atoms with Crippen LogP contribution in [0.4, 0.5) is 5.82 Å². The molecule has 4 heterocycles. The average Bonchev–Trinajstić information content (AvgIpc) is 3.44. The maximum absolute atomic E-state index is 12.7. The molecule has 0 aromatic carbocycles. The number of pyridine rings is 3. The van der Waals surface area contributed by atoms with Gasteiger partial charge in [0.1, 0.15) is 5.82 Å². The minimum absolute atomic E-state index is 0.0117. The highest BCUT2D eigenvalue weighted by Crippen LogP contribution is 2.40. The lowest BCUT2D eigenvalue weighted by Crippen LogP contribution is -2.27. The monoisotopic (exact) mass is 451 g/mol. The molecular weight excluding hydrogens is 426 g/mol.